The van der Waals surface area contributed by atoms with Crippen LogP contribution in [0.1, 0.15) is 0 Å². The van der Waals surface area contributed by atoms with Gasteiger partial charge in [0.1, 0.15) is 0 Å². The first kappa shape index (κ1) is 26.3. The molecule has 9 rings (SSSR count). The summed E-state index contributed by atoms with van der Waals surface area (Å²) in [4.78, 5) is 15.0. The fourth-order valence-electron chi connectivity index (χ4n) is 6.32. The van der Waals surface area contributed by atoms with E-state index < -0.39 is 0 Å². The molecule has 0 N–H and O–H groups in total. The summed E-state index contributed by atoms with van der Waals surface area (Å²) < 4.78 is 3.04. The van der Waals surface area contributed by atoms with Crippen LogP contribution in [0.4, 0.5) is 0 Å². The molecule has 0 spiro atoms. The van der Waals surface area contributed by atoms with E-state index in [4.69, 9.17) is 15.0 Å². The Morgan fingerprint density at radius 1 is 0.356 bits per heavy atom. The average Bonchev–Trinajstić information content (AvgIpc) is 3.51. The molecule has 0 saturated carbocycles. The van der Waals surface area contributed by atoms with E-state index in [0.717, 1.165) is 16.7 Å². The normalized spacial score (nSPS) is 11.6. The first-order chi connectivity index (χ1) is 22.3. The van der Waals surface area contributed by atoms with Crippen LogP contribution in [0.2, 0.25) is 0 Å². The molecule has 9 aromatic rings. The van der Waals surface area contributed by atoms with Gasteiger partial charge < -0.3 is 0 Å². The van der Waals surface area contributed by atoms with Crippen molar-refractivity contribution in [2.45, 2.75) is 0 Å². The van der Waals surface area contributed by atoms with Gasteiger partial charge in [-0.15, -0.1) is 0 Å². The van der Waals surface area contributed by atoms with Crippen LogP contribution in [-0.4, -0.2) is 35.4 Å². The first-order valence-electron chi connectivity index (χ1n) is 15.0. The second kappa shape index (κ2) is 10.8. The first-order valence-corrected chi connectivity index (χ1v) is 17.4. The van der Waals surface area contributed by atoms with Crippen molar-refractivity contribution in [3.63, 3.8) is 0 Å². The summed E-state index contributed by atoms with van der Waals surface area (Å²) in [5.41, 5.74) is 5.40. The zero-order chi connectivity index (χ0) is 29.7. The molecule has 0 fully saturated rings. The van der Waals surface area contributed by atoms with Gasteiger partial charge in [0.25, 0.3) is 0 Å². The third-order valence-corrected chi connectivity index (χ3v) is 11.8. The van der Waals surface area contributed by atoms with Gasteiger partial charge in [-0.05, 0) is 21.5 Å². The molecule has 0 unspecified atom stereocenters. The van der Waals surface area contributed by atoms with Gasteiger partial charge >= 0.3 is 189 Å². The molecule has 0 atom stereocenters. The van der Waals surface area contributed by atoms with Crippen molar-refractivity contribution in [2.75, 3.05) is 0 Å². The number of aromatic nitrogens is 3. The molecule has 0 saturated heterocycles. The number of nitrogens with zero attached hydrogens (tertiary/aromatic N) is 3. The van der Waals surface area contributed by atoms with Gasteiger partial charge in [-0.2, -0.15) is 0 Å². The van der Waals surface area contributed by atoms with Gasteiger partial charge in [0.15, 0.2) is 0 Å². The van der Waals surface area contributed by atoms with Crippen LogP contribution in [0.15, 0.2) is 152 Å². The monoisotopic (exact) mass is 689 g/mol. The predicted octanol–water partition coefficient (Wildman–Crippen LogP) is 10.2. The van der Waals surface area contributed by atoms with Crippen LogP contribution < -0.4 is 0 Å². The molecule has 0 aliphatic carbocycles. The molecular weight excluding hydrogens is 662 g/mol. The van der Waals surface area contributed by atoms with Crippen molar-refractivity contribution in [1.29, 1.82) is 0 Å². The van der Waals surface area contributed by atoms with Crippen LogP contribution in [-0.2, 0) is 0 Å². The molecule has 4 heteroatoms. The minimum Gasteiger partial charge on any atom is -0.0615 e. The summed E-state index contributed by atoms with van der Waals surface area (Å²) in [6, 6.07) is 53.9. The Morgan fingerprint density at radius 2 is 0.933 bits per heavy atom. The van der Waals surface area contributed by atoms with Gasteiger partial charge in [0.05, 0.1) is 0 Å². The molecular formula is C41H25N3Te. The molecule has 0 aliphatic heterocycles. The van der Waals surface area contributed by atoms with Crippen LogP contribution in [0.3, 0.4) is 0 Å². The van der Waals surface area contributed by atoms with Gasteiger partial charge in [-0.1, -0.05) is 60.7 Å². The third-order valence-electron chi connectivity index (χ3n) is 8.53. The Kier molecular flexibility index (Phi) is 6.30. The van der Waals surface area contributed by atoms with Gasteiger partial charge in [0.2, 0.25) is 0 Å². The van der Waals surface area contributed by atoms with E-state index in [-0.39, 0.29) is 20.4 Å². The predicted molar refractivity (Wildman–Crippen MR) is 189 cm³/mol. The molecule has 2 aromatic heterocycles. The molecule has 2 heterocycles. The SMILES string of the molecule is c1ccc(-c2nc(-c3ccc(-c4cccc5[te]c6ccccc6c45)cc3)nc(-c3ccc4c(ccc5ccccc54)c3)n2)cc1. The number of hydrogen-bond acceptors (Lipinski definition) is 3. The smallest absolute Gasteiger partial charge is 0.0615 e. The van der Waals surface area contributed by atoms with Crippen LogP contribution in [0.25, 0.3) is 84.4 Å². The number of benzene rings is 7. The minimum atomic E-state index is -0.356. The summed E-state index contributed by atoms with van der Waals surface area (Å²) in [7, 11) is 0. The summed E-state index contributed by atoms with van der Waals surface area (Å²) in [6.45, 7) is 0. The maximum absolute atomic E-state index is 5.04. The van der Waals surface area contributed by atoms with Crippen molar-refractivity contribution >= 4 is 59.6 Å². The zero-order valence-corrected chi connectivity index (χ0v) is 26.5. The Labute approximate surface area is 270 Å². The van der Waals surface area contributed by atoms with Crippen molar-refractivity contribution < 1.29 is 0 Å². The third kappa shape index (κ3) is 4.62. The number of rotatable bonds is 4. The van der Waals surface area contributed by atoms with Crippen molar-refractivity contribution in [2.24, 2.45) is 0 Å². The van der Waals surface area contributed by atoms with Crippen LogP contribution >= 0.6 is 0 Å². The van der Waals surface area contributed by atoms with E-state index in [0.29, 0.717) is 17.5 Å². The van der Waals surface area contributed by atoms with E-state index in [1.807, 2.05) is 18.2 Å². The molecule has 3 nitrogen and oxygen atoms in total. The van der Waals surface area contributed by atoms with Crippen molar-refractivity contribution in [3.8, 4) is 45.3 Å². The van der Waals surface area contributed by atoms with E-state index in [1.54, 1.807) is 0 Å². The summed E-state index contributed by atoms with van der Waals surface area (Å²) >= 11 is -0.356. The quantitative estimate of drug-likeness (QED) is 0.137. The summed E-state index contributed by atoms with van der Waals surface area (Å²) in [5.74, 6) is 2.00. The van der Waals surface area contributed by atoms with E-state index in [9.17, 15) is 0 Å². The van der Waals surface area contributed by atoms with Crippen molar-refractivity contribution in [3.05, 3.63) is 152 Å². The topological polar surface area (TPSA) is 38.7 Å². The average molecular weight is 687 g/mol. The summed E-state index contributed by atoms with van der Waals surface area (Å²) in [6.07, 6.45) is 0. The number of hydrogen-bond donors (Lipinski definition) is 0. The number of fused-ring (bicyclic) bond motifs is 6. The van der Waals surface area contributed by atoms with Crippen LogP contribution in [0.5, 0.6) is 0 Å². The fourth-order valence-corrected chi connectivity index (χ4v) is 9.55. The Hall–Kier alpha value is -5.14. The van der Waals surface area contributed by atoms with E-state index in [2.05, 4.69) is 133 Å². The Bertz CT molecular complexity index is 2530. The fraction of sp³-hybridized carbons (Fsp3) is 0. The molecule has 210 valence electrons. The maximum atomic E-state index is 5.04. The van der Waals surface area contributed by atoms with Gasteiger partial charge in [0, 0.05) is 0 Å². The summed E-state index contributed by atoms with van der Waals surface area (Å²) in [5, 5.41) is 7.68. The molecule has 45 heavy (non-hydrogen) atoms. The molecule has 0 amide bonds. The standard InChI is InChI=1S/C41H25N3Te/c1-2-10-28(11-3-1)39-42-40(44-41(43-39)31-23-24-33-30(25-31)22-19-26-9-4-5-12-32(26)33)29-20-17-27(18-21-29)34-14-8-16-37-38(34)35-13-6-7-15-36(35)45-37/h1-25H. The Balaban J connectivity index is 1.17. The molecule has 0 radical (unpaired) electrons. The minimum absolute atomic E-state index is 0.356. The van der Waals surface area contributed by atoms with Gasteiger partial charge in [-0.3, -0.25) is 0 Å². The van der Waals surface area contributed by atoms with E-state index >= 15 is 0 Å². The molecule has 0 bridgehead atoms. The van der Waals surface area contributed by atoms with Crippen LogP contribution in [0, 0.1) is 0 Å². The second-order valence-corrected chi connectivity index (χ2v) is 14.3. The molecule has 7 aromatic carbocycles. The van der Waals surface area contributed by atoms with Crippen molar-refractivity contribution in [1.82, 2.24) is 15.0 Å². The van der Waals surface area contributed by atoms with Gasteiger partial charge in [-0.25, -0.2) is 0 Å². The zero-order valence-electron chi connectivity index (χ0n) is 24.2. The Morgan fingerprint density at radius 3 is 1.76 bits per heavy atom. The molecule has 0 aliphatic rings. The van der Waals surface area contributed by atoms with E-state index in [1.165, 1.54) is 50.2 Å². The second-order valence-electron chi connectivity index (χ2n) is 11.2.